The van der Waals surface area contributed by atoms with Crippen molar-refractivity contribution in [2.75, 3.05) is 18.4 Å². The number of likely N-dealkylation sites (tertiary alicyclic amines) is 1. The Bertz CT molecular complexity index is 1390. The van der Waals surface area contributed by atoms with E-state index < -0.39 is 23.4 Å². The number of aromatic nitrogens is 4. The van der Waals surface area contributed by atoms with E-state index in [1.165, 1.54) is 12.5 Å². The second-order valence-electron chi connectivity index (χ2n) is 12.5. The predicted octanol–water partition coefficient (Wildman–Crippen LogP) is 6.89. The standard InChI is InChI=1S/C31H39F3N6O2/c1-30(2,3)42-29(41)40-13-11-20(12-14-40)23-16-25(31(32,33)34)26(36-17-23)18-35-24-10-6-9-22(15-24)27(21-7-5-8-21)28-38-37-19-39(28)4/h6,9-10,15-17,19-21,27,35H,5,7-8,11-14,18H2,1-4H3/t27-/m1/s1. The Kier molecular flexibility index (Phi) is 8.48. The van der Waals surface area contributed by atoms with Gasteiger partial charge in [0.1, 0.15) is 17.8 Å². The van der Waals surface area contributed by atoms with Crippen molar-refractivity contribution < 1.29 is 22.7 Å². The van der Waals surface area contributed by atoms with Gasteiger partial charge in [0.25, 0.3) is 0 Å². The van der Waals surface area contributed by atoms with E-state index in [1.807, 2.05) is 35.9 Å². The number of hydrogen-bond acceptors (Lipinski definition) is 6. The highest BCUT2D eigenvalue weighted by atomic mass is 19.4. The van der Waals surface area contributed by atoms with Crippen LogP contribution in [0.4, 0.5) is 23.7 Å². The summed E-state index contributed by atoms with van der Waals surface area (Å²) in [6.45, 7) is 6.21. The monoisotopic (exact) mass is 584 g/mol. The molecule has 1 atom stereocenters. The number of nitrogens with zero attached hydrogens (tertiary/aromatic N) is 5. The van der Waals surface area contributed by atoms with Crippen LogP contribution in [-0.4, -0.2) is 49.4 Å². The van der Waals surface area contributed by atoms with Crippen LogP contribution in [0, 0.1) is 5.92 Å². The number of hydrogen-bond donors (Lipinski definition) is 1. The van der Waals surface area contributed by atoms with E-state index in [9.17, 15) is 18.0 Å². The molecule has 0 radical (unpaired) electrons. The molecule has 1 aliphatic carbocycles. The lowest BCUT2D eigenvalue weighted by atomic mass is 9.72. The first-order valence-corrected chi connectivity index (χ1v) is 14.6. The molecular formula is C31H39F3N6O2. The molecule has 3 heterocycles. The molecule has 1 aromatic carbocycles. The number of ether oxygens (including phenoxy) is 1. The van der Waals surface area contributed by atoms with Crippen LogP contribution in [0.3, 0.4) is 0 Å². The van der Waals surface area contributed by atoms with Crippen LogP contribution in [0.1, 0.15) is 92.9 Å². The molecule has 11 heteroatoms. The summed E-state index contributed by atoms with van der Waals surface area (Å²) in [6.07, 6.45) is 2.82. The number of alkyl halides is 3. The van der Waals surface area contributed by atoms with Crippen molar-refractivity contribution in [2.24, 2.45) is 13.0 Å². The zero-order chi connectivity index (χ0) is 30.1. The van der Waals surface area contributed by atoms with Crippen molar-refractivity contribution in [1.29, 1.82) is 0 Å². The molecule has 42 heavy (non-hydrogen) atoms. The summed E-state index contributed by atoms with van der Waals surface area (Å²) in [5.74, 6) is 1.33. The molecule has 2 aliphatic rings. The van der Waals surface area contributed by atoms with E-state index in [4.69, 9.17) is 4.74 Å². The van der Waals surface area contributed by atoms with Gasteiger partial charge in [-0.05, 0) is 87.6 Å². The van der Waals surface area contributed by atoms with Gasteiger partial charge in [-0.25, -0.2) is 4.79 Å². The Hall–Kier alpha value is -3.63. The summed E-state index contributed by atoms with van der Waals surface area (Å²) >= 11 is 0. The lowest BCUT2D eigenvalue weighted by molar-refractivity contribution is -0.138. The van der Waals surface area contributed by atoms with E-state index in [0.29, 0.717) is 37.4 Å². The molecule has 1 aliphatic heterocycles. The fraction of sp³-hybridized carbons (Fsp3) is 0.548. The lowest BCUT2D eigenvalue weighted by Gasteiger charge is -2.33. The SMILES string of the molecule is Cn1cnnc1[C@@H](c1cccc(NCc2ncc(C3CCN(C(=O)OC(C)(C)C)CC3)cc2C(F)(F)F)c1)C1CCC1. The first-order chi connectivity index (χ1) is 19.9. The molecule has 5 rings (SSSR count). The second-order valence-corrected chi connectivity index (χ2v) is 12.5. The number of carbonyl (C=O) groups excluding carboxylic acids is 1. The van der Waals surface area contributed by atoms with Crippen LogP contribution in [0.25, 0.3) is 0 Å². The van der Waals surface area contributed by atoms with E-state index in [-0.39, 0.29) is 24.1 Å². The minimum Gasteiger partial charge on any atom is -0.444 e. The maximum Gasteiger partial charge on any atom is 0.418 e. The molecular weight excluding hydrogens is 545 g/mol. The van der Waals surface area contributed by atoms with Gasteiger partial charge in [-0.1, -0.05) is 18.6 Å². The van der Waals surface area contributed by atoms with Gasteiger partial charge < -0.3 is 19.5 Å². The van der Waals surface area contributed by atoms with Gasteiger partial charge in [-0.15, -0.1) is 10.2 Å². The predicted molar refractivity (Wildman–Crippen MR) is 153 cm³/mol. The van der Waals surface area contributed by atoms with Crippen LogP contribution in [0.2, 0.25) is 0 Å². The van der Waals surface area contributed by atoms with Gasteiger partial charge in [0, 0.05) is 37.9 Å². The molecule has 0 unspecified atom stereocenters. The van der Waals surface area contributed by atoms with Crippen molar-refractivity contribution in [2.45, 2.75) is 83.0 Å². The van der Waals surface area contributed by atoms with Crippen LogP contribution >= 0.6 is 0 Å². The van der Waals surface area contributed by atoms with Gasteiger partial charge in [0.05, 0.1) is 17.8 Å². The largest absolute Gasteiger partial charge is 0.444 e. The summed E-state index contributed by atoms with van der Waals surface area (Å²) in [5.41, 5.74) is 0.963. The Morgan fingerprint density at radius 2 is 1.86 bits per heavy atom. The Labute approximate surface area is 244 Å². The van der Waals surface area contributed by atoms with E-state index in [1.54, 1.807) is 38.2 Å². The third-order valence-corrected chi connectivity index (χ3v) is 8.27. The number of rotatable bonds is 7. The van der Waals surface area contributed by atoms with Crippen LogP contribution in [-0.2, 0) is 24.5 Å². The fourth-order valence-electron chi connectivity index (χ4n) is 5.85. The van der Waals surface area contributed by atoms with Crippen LogP contribution in [0.15, 0.2) is 42.9 Å². The highest BCUT2D eigenvalue weighted by Crippen LogP contribution is 2.43. The molecule has 2 aromatic heterocycles. The zero-order valence-electron chi connectivity index (χ0n) is 24.6. The van der Waals surface area contributed by atoms with E-state index in [0.717, 1.165) is 29.9 Å². The quantitative estimate of drug-likeness (QED) is 0.326. The highest BCUT2D eigenvalue weighted by molar-refractivity contribution is 5.68. The lowest BCUT2D eigenvalue weighted by Crippen LogP contribution is -2.41. The number of anilines is 1. The smallest absolute Gasteiger partial charge is 0.418 e. The number of nitrogens with one attached hydrogen (secondary N) is 1. The summed E-state index contributed by atoms with van der Waals surface area (Å²) in [7, 11) is 1.93. The maximum absolute atomic E-state index is 14.2. The van der Waals surface area contributed by atoms with Gasteiger partial charge in [0.15, 0.2) is 0 Å². The first-order valence-electron chi connectivity index (χ1n) is 14.6. The molecule has 1 amide bonds. The van der Waals surface area contributed by atoms with Gasteiger partial charge in [-0.3, -0.25) is 4.98 Å². The normalized spacial score (nSPS) is 17.5. The molecule has 0 spiro atoms. The van der Waals surface area contributed by atoms with Gasteiger partial charge in [0.2, 0.25) is 0 Å². The Morgan fingerprint density at radius 3 is 2.45 bits per heavy atom. The third-order valence-electron chi connectivity index (χ3n) is 8.27. The molecule has 1 saturated carbocycles. The van der Waals surface area contributed by atoms with Gasteiger partial charge in [-0.2, -0.15) is 13.2 Å². The van der Waals surface area contributed by atoms with Crippen LogP contribution in [0.5, 0.6) is 0 Å². The van der Waals surface area contributed by atoms with Crippen molar-refractivity contribution >= 4 is 11.8 Å². The van der Waals surface area contributed by atoms with Crippen molar-refractivity contribution in [3.05, 3.63) is 71.1 Å². The maximum atomic E-state index is 14.2. The third kappa shape index (κ3) is 6.87. The summed E-state index contributed by atoms with van der Waals surface area (Å²) < 4.78 is 50.0. The number of piperidine rings is 1. The molecule has 3 aromatic rings. The summed E-state index contributed by atoms with van der Waals surface area (Å²) in [5, 5.41) is 11.6. The van der Waals surface area contributed by atoms with E-state index >= 15 is 0 Å². The molecule has 226 valence electrons. The minimum atomic E-state index is -4.54. The molecule has 8 nitrogen and oxygen atoms in total. The zero-order valence-corrected chi connectivity index (χ0v) is 24.6. The molecule has 0 bridgehead atoms. The Morgan fingerprint density at radius 1 is 1.12 bits per heavy atom. The molecule has 1 N–H and O–H groups in total. The average Bonchev–Trinajstić information content (AvgIpc) is 3.33. The highest BCUT2D eigenvalue weighted by Gasteiger charge is 2.36. The number of pyridine rings is 1. The van der Waals surface area contributed by atoms with E-state index in [2.05, 4.69) is 20.5 Å². The number of aryl methyl sites for hydroxylation is 1. The number of carbonyl (C=O) groups is 1. The first kappa shape index (κ1) is 29.8. The summed E-state index contributed by atoms with van der Waals surface area (Å²) in [6, 6.07) is 9.06. The number of halogens is 3. The topological polar surface area (TPSA) is 85.2 Å². The molecule has 2 fully saturated rings. The van der Waals surface area contributed by atoms with Crippen LogP contribution < -0.4 is 5.32 Å². The van der Waals surface area contributed by atoms with Crippen molar-refractivity contribution in [1.82, 2.24) is 24.6 Å². The number of amides is 1. The average molecular weight is 585 g/mol. The molecule has 1 saturated heterocycles. The van der Waals surface area contributed by atoms with Crippen molar-refractivity contribution in [3.63, 3.8) is 0 Å². The second kappa shape index (κ2) is 11.9. The minimum absolute atomic E-state index is 0.0494. The number of benzene rings is 1. The summed E-state index contributed by atoms with van der Waals surface area (Å²) in [4.78, 5) is 18.3. The Balaban J connectivity index is 1.29. The van der Waals surface area contributed by atoms with Crippen molar-refractivity contribution in [3.8, 4) is 0 Å². The van der Waals surface area contributed by atoms with Gasteiger partial charge >= 0.3 is 12.3 Å². The fourth-order valence-corrected chi connectivity index (χ4v) is 5.85.